The van der Waals surface area contributed by atoms with Crippen LogP contribution in [-0.2, 0) is 0 Å². The summed E-state index contributed by atoms with van der Waals surface area (Å²) in [5.74, 6) is 0.172. The van der Waals surface area contributed by atoms with Crippen molar-refractivity contribution in [1.82, 2.24) is 15.0 Å². The molecule has 0 aliphatic heterocycles. The Morgan fingerprint density at radius 2 is 2.00 bits per heavy atom. The van der Waals surface area contributed by atoms with E-state index in [9.17, 15) is 9.18 Å². The maximum absolute atomic E-state index is 13.3. The highest BCUT2D eigenvalue weighted by Crippen LogP contribution is 2.57. The number of nitrogens with two attached hydrogens (primary N) is 1. The van der Waals surface area contributed by atoms with Crippen LogP contribution in [0.2, 0.25) is 0 Å². The van der Waals surface area contributed by atoms with Gasteiger partial charge >= 0.3 is 0 Å². The minimum atomic E-state index is -0.533. The topological polar surface area (TPSA) is 103 Å². The summed E-state index contributed by atoms with van der Waals surface area (Å²) < 4.78 is 19.2. The first-order chi connectivity index (χ1) is 14.0. The van der Waals surface area contributed by atoms with Gasteiger partial charge in [-0.2, -0.15) is 0 Å². The van der Waals surface area contributed by atoms with Gasteiger partial charge in [-0.05, 0) is 55.4 Å². The lowest BCUT2D eigenvalue weighted by Crippen LogP contribution is -2.56. The van der Waals surface area contributed by atoms with Crippen molar-refractivity contribution >= 4 is 22.8 Å². The van der Waals surface area contributed by atoms with Crippen LogP contribution in [0.15, 0.2) is 42.7 Å². The molecule has 2 aromatic heterocycles. The highest BCUT2D eigenvalue weighted by molar-refractivity contribution is 5.94. The summed E-state index contributed by atoms with van der Waals surface area (Å²) in [6.45, 7) is 0. The first-order valence-electron chi connectivity index (χ1n) is 9.60. The average Bonchev–Trinajstić information content (AvgIpc) is 2.65. The largest absolute Gasteiger partial charge is 0.474 e. The Morgan fingerprint density at radius 1 is 1.17 bits per heavy atom. The van der Waals surface area contributed by atoms with Crippen molar-refractivity contribution in [3.63, 3.8) is 0 Å². The van der Waals surface area contributed by atoms with E-state index in [1.54, 1.807) is 30.6 Å². The van der Waals surface area contributed by atoms with Crippen LogP contribution >= 0.6 is 0 Å². The van der Waals surface area contributed by atoms with Gasteiger partial charge in [0.15, 0.2) is 0 Å². The number of hydrogen-bond donors (Lipinski definition) is 2. The van der Waals surface area contributed by atoms with Gasteiger partial charge in [0.25, 0.3) is 5.91 Å². The van der Waals surface area contributed by atoms with Gasteiger partial charge in [0, 0.05) is 18.3 Å². The van der Waals surface area contributed by atoms with Crippen molar-refractivity contribution < 1.29 is 13.9 Å². The Hall–Kier alpha value is -3.29. The maximum atomic E-state index is 13.3. The van der Waals surface area contributed by atoms with Gasteiger partial charge in [-0.15, -0.1) is 0 Å². The molecule has 7 nitrogen and oxygen atoms in total. The number of fused-ring (bicyclic) bond motifs is 1. The molecule has 0 atom stereocenters. The molecule has 0 unspecified atom stereocenters. The summed E-state index contributed by atoms with van der Waals surface area (Å²) in [6.07, 6.45) is 7.22. The number of nitrogens with zero attached hydrogens (tertiary/aromatic N) is 3. The molecular weight excluding hydrogens is 373 g/mol. The van der Waals surface area contributed by atoms with E-state index in [-0.39, 0.29) is 17.3 Å². The normalized spacial score (nSPS) is 25.3. The van der Waals surface area contributed by atoms with Crippen LogP contribution in [0.3, 0.4) is 0 Å². The molecule has 8 heteroatoms. The molecule has 2 fully saturated rings. The second kappa shape index (κ2) is 6.65. The molecule has 3 aromatic rings. The van der Waals surface area contributed by atoms with E-state index in [4.69, 9.17) is 10.5 Å². The van der Waals surface area contributed by atoms with E-state index in [1.807, 2.05) is 0 Å². The molecule has 148 valence electrons. The van der Waals surface area contributed by atoms with Crippen LogP contribution < -0.4 is 15.8 Å². The number of aromatic nitrogens is 3. The standard InChI is InChI=1S/C21H20FN5O2/c22-12-3-4-16-17(6-12)25-11-18(27-16)26-13-7-21(8-13)9-14(10-21)29-20-15(19(23)28)2-1-5-24-20/h1-6,11,13-14H,7-10H2,(H2,23,28)(H,26,27)/t13-,14-,21?. The van der Waals surface area contributed by atoms with E-state index in [1.165, 1.54) is 12.1 Å². The number of primary amides is 1. The van der Waals surface area contributed by atoms with Crippen LogP contribution in [0.25, 0.3) is 11.0 Å². The van der Waals surface area contributed by atoms with Gasteiger partial charge in [0.05, 0.1) is 17.2 Å². The Morgan fingerprint density at radius 3 is 2.79 bits per heavy atom. The zero-order valence-electron chi connectivity index (χ0n) is 15.6. The average molecular weight is 393 g/mol. The minimum Gasteiger partial charge on any atom is -0.474 e. The number of carbonyl (C=O) groups is 1. The maximum Gasteiger partial charge on any atom is 0.254 e. The molecule has 2 aliphatic rings. The van der Waals surface area contributed by atoms with Gasteiger partial charge in [-0.3, -0.25) is 9.78 Å². The highest BCUT2D eigenvalue weighted by Gasteiger charge is 2.54. The molecule has 3 N–H and O–H groups in total. The number of anilines is 1. The lowest BCUT2D eigenvalue weighted by atomic mass is 9.53. The summed E-state index contributed by atoms with van der Waals surface area (Å²) >= 11 is 0. The van der Waals surface area contributed by atoms with Crippen LogP contribution in [0.1, 0.15) is 36.0 Å². The summed E-state index contributed by atoms with van der Waals surface area (Å²) in [7, 11) is 0. The first kappa shape index (κ1) is 17.8. The predicted octanol–water partition coefficient (Wildman–Crippen LogP) is 3.06. The lowest BCUT2D eigenvalue weighted by molar-refractivity contribution is -0.0759. The number of amides is 1. The third-order valence-electron chi connectivity index (χ3n) is 5.85. The van der Waals surface area contributed by atoms with Crippen LogP contribution in [0, 0.1) is 11.2 Å². The molecule has 1 aromatic carbocycles. The Labute approximate surface area is 166 Å². The van der Waals surface area contributed by atoms with E-state index in [0.29, 0.717) is 34.3 Å². The first-order valence-corrected chi connectivity index (χ1v) is 9.60. The van der Waals surface area contributed by atoms with E-state index >= 15 is 0 Å². The van der Waals surface area contributed by atoms with Gasteiger partial charge in [0.2, 0.25) is 5.88 Å². The Balaban J connectivity index is 1.16. The second-order valence-corrected chi connectivity index (χ2v) is 8.01. The molecule has 5 rings (SSSR count). The van der Waals surface area contributed by atoms with Crippen molar-refractivity contribution in [2.24, 2.45) is 11.1 Å². The zero-order chi connectivity index (χ0) is 20.0. The predicted molar refractivity (Wildman–Crippen MR) is 105 cm³/mol. The quantitative estimate of drug-likeness (QED) is 0.691. The van der Waals surface area contributed by atoms with E-state index < -0.39 is 5.91 Å². The highest BCUT2D eigenvalue weighted by atomic mass is 19.1. The Bertz CT molecular complexity index is 1090. The molecule has 0 radical (unpaired) electrons. The fraction of sp³-hybridized carbons (Fsp3) is 0.333. The fourth-order valence-corrected chi connectivity index (χ4v) is 4.50. The van der Waals surface area contributed by atoms with Gasteiger partial charge in [-0.1, -0.05) is 0 Å². The molecule has 0 bridgehead atoms. The second-order valence-electron chi connectivity index (χ2n) is 8.01. The number of rotatable bonds is 5. The third kappa shape index (κ3) is 3.35. The number of nitrogens with one attached hydrogen (secondary N) is 1. The van der Waals surface area contributed by atoms with Gasteiger partial charge in [-0.25, -0.2) is 14.4 Å². The summed E-state index contributed by atoms with van der Waals surface area (Å²) in [5, 5.41) is 3.42. The summed E-state index contributed by atoms with van der Waals surface area (Å²) in [6, 6.07) is 8.03. The number of hydrogen-bond acceptors (Lipinski definition) is 6. The van der Waals surface area contributed by atoms with Crippen molar-refractivity contribution in [2.45, 2.75) is 37.8 Å². The Kier molecular flexibility index (Phi) is 4.08. The molecular formula is C21H20FN5O2. The molecule has 1 spiro atoms. The number of carbonyl (C=O) groups excluding carboxylic acids is 1. The third-order valence-corrected chi connectivity index (χ3v) is 5.85. The van der Waals surface area contributed by atoms with Gasteiger partial charge < -0.3 is 15.8 Å². The minimum absolute atomic E-state index is 0.0549. The fourth-order valence-electron chi connectivity index (χ4n) is 4.50. The summed E-state index contributed by atoms with van der Waals surface area (Å²) in [4.78, 5) is 24.4. The van der Waals surface area contributed by atoms with Crippen molar-refractivity contribution in [3.8, 4) is 5.88 Å². The lowest BCUT2D eigenvalue weighted by Gasteiger charge is -2.57. The number of pyridine rings is 1. The SMILES string of the molecule is NC(=O)c1cccnc1O[C@H]1CC2(C[C@H](Nc3cnc4cc(F)ccc4n3)C2)C1. The molecule has 29 heavy (non-hydrogen) atoms. The number of ether oxygens (including phenoxy) is 1. The van der Waals surface area contributed by atoms with Crippen LogP contribution in [-0.4, -0.2) is 33.0 Å². The molecule has 2 aliphatic carbocycles. The molecule has 2 heterocycles. The monoisotopic (exact) mass is 393 g/mol. The van der Waals surface area contributed by atoms with Crippen LogP contribution in [0.4, 0.5) is 10.2 Å². The van der Waals surface area contributed by atoms with E-state index in [2.05, 4.69) is 20.3 Å². The molecule has 0 saturated heterocycles. The van der Waals surface area contributed by atoms with Crippen molar-refractivity contribution in [2.75, 3.05) is 5.32 Å². The van der Waals surface area contributed by atoms with Gasteiger partial charge in [0.1, 0.15) is 23.3 Å². The van der Waals surface area contributed by atoms with Crippen molar-refractivity contribution in [1.29, 1.82) is 0 Å². The molecule has 1 amide bonds. The molecule has 2 saturated carbocycles. The number of benzene rings is 1. The van der Waals surface area contributed by atoms with Crippen molar-refractivity contribution in [3.05, 3.63) is 54.1 Å². The summed E-state index contributed by atoms with van der Waals surface area (Å²) in [5.41, 5.74) is 7.18. The zero-order valence-corrected chi connectivity index (χ0v) is 15.6. The van der Waals surface area contributed by atoms with E-state index in [0.717, 1.165) is 25.7 Å². The smallest absolute Gasteiger partial charge is 0.254 e. The number of halogens is 1. The van der Waals surface area contributed by atoms with Crippen LogP contribution in [0.5, 0.6) is 5.88 Å².